The Kier molecular flexibility index (Phi) is 4.05. The summed E-state index contributed by atoms with van der Waals surface area (Å²) in [5, 5.41) is 18.8. The van der Waals surface area contributed by atoms with Crippen LogP contribution < -0.4 is 0 Å². The van der Waals surface area contributed by atoms with Crippen molar-refractivity contribution in [1.82, 2.24) is 25.1 Å². The van der Waals surface area contributed by atoms with Gasteiger partial charge in [-0.25, -0.2) is 5.10 Å². The van der Waals surface area contributed by atoms with Crippen LogP contribution in [0.5, 0.6) is 0 Å². The summed E-state index contributed by atoms with van der Waals surface area (Å²) >= 11 is 5.29. The summed E-state index contributed by atoms with van der Waals surface area (Å²) in [5.74, 6) is 0.576. The number of aromatic amines is 2. The van der Waals surface area contributed by atoms with Gasteiger partial charge in [0.15, 0.2) is 0 Å². The largest absolute Gasteiger partial charge is 0.274 e. The van der Waals surface area contributed by atoms with Gasteiger partial charge in [0.1, 0.15) is 5.69 Å². The average molecular weight is 346 g/mol. The fourth-order valence-electron chi connectivity index (χ4n) is 2.43. The van der Waals surface area contributed by atoms with Crippen LogP contribution in [-0.2, 0) is 0 Å². The summed E-state index contributed by atoms with van der Waals surface area (Å²) < 4.78 is 1.99. The van der Waals surface area contributed by atoms with Crippen molar-refractivity contribution in [3.8, 4) is 22.8 Å². The van der Waals surface area contributed by atoms with E-state index in [1.165, 1.54) is 0 Å². The third-order valence-electron chi connectivity index (χ3n) is 3.66. The minimum atomic E-state index is 0.415. The van der Waals surface area contributed by atoms with Crippen molar-refractivity contribution in [3.05, 3.63) is 77.1 Å². The van der Waals surface area contributed by atoms with Gasteiger partial charge in [-0.15, -0.1) is 0 Å². The van der Waals surface area contributed by atoms with Crippen LogP contribution >= 0.6 is 12.2 Å². The van der Waals surface area contributed by atoms with Gasteiger partial charge in [0.05, 0.1) is 11.9 Å². The molecule has 4 rings (SSSR count). The van der Waals surface area contributed by atoms with Crippen molar-refractivity contribution in [3.63, 3.8) is 0 Å². The quantitative estimate of drug-likeness (QED) is 0.435. The molecular formula is C18H14N6S. The third kappa shape index (κ3) is 3.17. The lowest BCUT2D eigenvalue weighted by Crippen LogP contribution is -1.95. The number of benzene rings is 2. The highest BCUT2D eigenvalue weighted by Crippen LogP contribution is 2.22. The summed E-state index contributed by atoms with van der Waals surface area (Å²) in [4.78, 5) is 0. The normalized spacial score (nSPS) is 11.2. The monoisotopic (exact) mass is 346 g/mol. The Morgan fingerprint density at radius 2 is 1.64 bits per heavy atom. The van der Waals surface area contributed by atoms with E-state index < -0.39 is 0 Å². The van der Waals surface area contributed by atoms with Gasteiger partial charge in [-0.05, 0) is 23.8 Å². The van der Waals surface area contributed by atoms with E-state index in [4.69, 9.17) is 12.2 Å². The molecule has 2 aromatic carbocycles. The number of H-pyrrole nitrogens is 2. The zero-order valence-electron chi connectivity index (χ0n) is 13.1. The zero-order chi connectivity index (χ0) is 17.1. The second kappa shape index (κ2) is 6.66. The molecule has 6 nitrogen and oxygen atoms in total. The molecule has 2 N–H and O–H groups in total. The molecule has 0 amide bonds. The Hall–Kier alpha value is -3.32. The molecule has 0 aliphatic carbocycles. The third-order valence-corrected chi connectivity index (χ3v) is 3.92. The minimum absolute atomic E-state index is 0.415. The van der Waals surface area contributed by atoms with E-state index in [2.05, 4.69) is 25.5 Å². The van der Waals surface area contributed by atoms with Crippen LogP contribution in [-0.4, -0.2) is 31.3 Å². The van der Waals surface area contributed by atoms with Crippen LogP contribution in [0.4, 0.5) is 0 Å². The van der Waals surface area contributed by atoms with Gasteiger partial charge in [-0.1, -0.05) is 60.7 Å². The molecule has 4 aromatic rings. The molecule has 0 fully saturated rings. The first kappa shape index (κ1) is 15.2. The first-order valence-electron chi connectivity index (χ1n) is 7.69. The maximum atomic E-state index is 5.29. The zero-order valence-corrected chi connectivity index (χ0v) is 13.9. The van der Waals surface area contributed by atoms with E-state index in [-0.39, 0.29) is 0 Å². The van der Waals surface area contributed by atoms with Crippen molar-refractivity contribution >= 4 is 18.4 Å². The second-order valence-electron chi connectivity index (χ2n) is 5.35. The SMILES string of the molecule is S=c1[nH]nc(-c2cc(-c3ccccc3)n[nH]2)n1/N=C\c1ccccc1. The second-order valence-corrected chi connectivity index (χ2v) is 5.74. The van der Waals surface area contributed by atoms with Crippen LogP contribution in [0, 0.1) is 4.77 Å². The number of nitrogens with one attached hydrogen (secondary N) is 2. The van der Waals surface area contributed by atoms with Crippen LogP contribution in [0.3, 0.4) is 0 Å². The van der Waals surface area contributed by atoms with Gasteiger partial charge in [-0.3, -0.25) is 5.10 Å². The predicted octanol–water partition coefficient (Wildman–Crippen LogP) is 3.88. The van der Waals surface area contributed by atoms with Gasteiger partial charge in [-0.2, -0.15) is 20.0 Å². The van der Waals surface area contributed by atoms with Gasteiger partial charge < -0.3 is 0 Å². The molecule has 0 spiro atoms. The van der Waals surface area contributed by atoms with Crippen molar-refractivity contribution < 1.29 is 0 Å². The lowest BCUT2D eigenvalue weighted by molar-refractivity contribution is 0.865. The van der Waals surface area contributed by atoms with Crippen LogP contribution in [0.2, 0.25) is 0 Å². The first-order valence-corrected chi connectivity index (χ1v) is 8.10. The van der Waals surface area contributed by atoms with Crippen LogP contribution in [0.15, 0.2) is 71.8 Å². The fourth-order valence-corrected chi connectivity index (χ4v) is 2.61. The van der Waals surface area contributed by atoms with Crippen molar-refractivity contribution in [2.75, 3.05) is 0 Å². The number of aromatic nitrogens is 5. The molecule has 25 heavy (non-hydrogen) atoms. The van der Waals surface area contributed by atoms with Gasteiger partial charge in [0.25, 0.3) is 0 Å². The highest BCUT2D eigenvalue weighted by molar-refractivity contribution is 7.71. The Balaban J connectivity index is 1.70. The highest BCUT2D eigenvalue weighted by atomic mass is 32.1. The number of nitrogens with zero attached hydrogens (tertiary/aromatic N) is 4. The topological polar surface area (TPSA) is 74.7 Å². The molecular weight excluding hydrogens is 332 g/mol. The standard InChI is InChI=1S/C18H14N6S/c25-18-23-22-17(24(18)19-12-13-7-3-1-4-8-13)16-11-15(20-21-16)14-9-5-2-6-10-14/h1-12H,(H,20,21)(H,23,25)/b19-12-. The molecule has 0 radical (unpaired) electrons. The average Bonchev–Trinajstić information content (AvgIpc) is 3.28. The number of hydrogen-bond donors (Lipinski definition) is 2. The van der Waals surface area contributed by atoms with Gasteiger partial charge in [0, 0.05) is 5.56 Å². The molecule has 2 heterocycles. The molecule has 0 saturated carbocycles. The Labute approximate surface area is 148 Å². The van der Waals surface area contributed by atoms with Gasteiger partial charge in [0.2, 0.25) is 10.6 Å². The lowest BCUT2D eigenvalue weighted by atomic mass is 10.1. The maximum absolute atomic E-state index is 5.29. The molecule has 0 aliphatic heterocycles. The number of rotatable bonds is 4. The van der Waals surface area contributed by atoms with Crippen molar-refractivity contribution in [1.29, 1.82) is 0 Å². The van der Waals surface area contributed by atoms with E-state index in [0.717, 1.165) is 22.5 Å². The Morgan fingerprint density at radius 3 is 2.40 bits per heavy atom. The molecule has 0 aliphatic rings. The molecule has 0 unspecified atom stereocenters. The molecule has 0 atom stereocenters. The lowest BCUT2D eigenvalue weighted by Gasteiger charge is -1.97. The summed E-state index contributed by atoms with van der Waals surface area (Å²) in [7, 11) is 0. The predicted molar refractivity (Wildman–Crippen MR) is 99.9 cm³/mol. The smallest absolute Gasteiger partial charge is 0.216 e. The fraction of sp³-hybridized carbons (Fsp3) is 0. The Bertz CT molecular complexity index is 1060. The summed E-state index contributed by atoms with van der Waals surface area (Å²) in [6.07, 6.45) is 1.74. The maximum Gasteiger partial charge on any atom is 0.216 e. The van der Waals surface area contributed by atoms with Crippen molar-refractivity contribution in [2.45, 2.75) is 0 Å². The summed E-state index contributed by atoms with van der Waals surface area (Å²) in [5.41, 5.74) is 3.57. The van der Waals surface area contributed by atoms with Crippen LogP contribution in [0.1, 0.15) is 5.56 Å². The van der Waals surface area contributed by atoms with E-state index in [9.17, 15) is 0 Å². The van der Waals surface area contributed by atoms with E-state index in [1.54, 1.807) is 10.9 Å². The van der Waals surface area contributed by atoms with E-state index >= 15 is 0 Å². The molecule has 122 valence electrons. The van der Waals surface area contributed by atoms with Crippen LogP contribution in [0.25, 0.3) is 22.8 Å². The molecule has 0 saturated heterocycles. The van der Waals surface area contributed by atoms with E-state index in [0.29, 0.717) is 10.6 Å². The first-order chi connectivity index (χ1) is 12.3. The van der Waals surface area contributed by atoms with E-state index in [1.807, 2.05) is 66.7 Å². The molecule has 7 heteroatoms. The highest BCUT2D eigenvalue weighted by Gasteiger charge is 2.12. The van der Waals surface area contributed by atoms with Crippen molar-refractivity contribution in [2.24, 2.45) is 5.10 Å². The minimum Gasteiger partial charge on any atom is -0.274 e. The number of hydrogen-bond acceptors (Lipinski definition) is 4. The van der Waals surface area contributed by atoms with Gasteiger partial charge >= 0.3 is 0 Å². The molecule has 2 aromatic heterocycles. The summed E-state index contributed by atoms with van der Waals surface area (Å²) in [6, 6.07) is 21.7. The Morgan fingerprint density at radius 1 is 0.920 bits per heavy atom. The molecule has 0 bridgehead atoms. The summed E-state index contributed by atoms with van der Waals surface area (Å²) in [6.45, 7) is 0.